The van der Waals surface area contributed by atoms with E-state index in [2.05, 4.69) is 4.74 Å². The van der Waals surface area contributed by atoms with Gasteiger partial charge in [0.1, 0.15) is 11.5 Å². The molecule has 0 unspecified atom stereocenters. The highest BCUT2D eigenvalue weighted by Gasteiger charge is 2.31. The molecular formula is C15H14F3NO2. The van der Waals surface area contributed by atoms with Crippen molar-refractivity contribution in [3.05, 3.63) is 42.5 Å². The SMILES string of the molecule is CCOc1cccc(-c2ccc(OC(F)(F)F)cc2N)c1. The molecule has 0 aliphatic carbocycles. The van der Waals surface area contributed by atoms with Gasteiger partial charge in [-0.3, -0.25) is 0 Å². The molecule has 2 N–H and O–H groups in total. The van der Waals surface area contributed by atoms with Crippen LogP contribution in [0.5, 0.6) is 11.5 Å². The van der Waals surface area contributed by atoms with Crippen LogP contribution >= 0.6 is 0 Å². The summed E-state index contributed by atoms with van der Waals surface area (Å²) >= 11 is 0. The lowest BCUT2D eigenvalue weighted by Gasteiger charge is -2.12. The number of hydrogen-bond donors (Lipinski definition) is 1. The van der Waals surface area contributed by atoms with Crippen molar-refractivity contribution in [1.82, 2.24) is 0 Å². The quantitative estimate of drug-likeness (QED) is 0.859. The molecule has 0 aliphatic heterocycles. The van der Waals surface area contributed by atoms with Crippen LogP contribution in [0.2, 0.25) is 0 Å². The Morgan fingerprint density at radius 3 is 2.43 bits per heavy atom. The van der Waals surface area contributed by atoms with Crippen LogP contribution in [0.4, 0.5) is 18.9 Å². The predicted molar refractivity (Wildman–Crippen MR) is 74.1 cm³/mol. The van der Waals surface area contributed by atoms with Crippen LogP contribution in [0.15, 0.2) is 42.5 Å². The highest BCUT2D eigenvalue weighted by Crippen LogP contribution is 2.33. The van der Waals surface area contributed by atoms with Gasteiger partial charge in [0.2, 0.25) is 0 Å². The van der Waals surface area contributed by atoms with Crippen molar-refractivity contribution in [3.8, 4) is 22.6 Å². The first kappa shape index (κ1) is 15.0. The van der Waals surface area contributed by atoms with Crippen molar-refractivity contribution in [2.24, 2.45) is 0 Å². The highest BCUT2D eigenvalue weighted by molar-refractivity contribution is 5.78. The predicted octanol–water partition coefficient (Wildman–Crippen LogP) is 4.23. The van der Waals surface area contributed by atoms with E-state index in [-0.39, 0.29) is 11.4 Å². The van der Waals surface area contributed by atoms with Gasteiger partial charge in [0.25, 0.3) is 0 Å². The van der Waals surface area contributed by atoms with Gasteiger partial charge in [-0.1, -0.05) is 12.1 Å². The van der Waals surface area contributed by atoms with Gasteiger partial charge in [0.15, 0.2) is 0 Å². The zero-order valence-electron chi connectivity index (χ0n) is 11.3. The smallest absolute Gasteiger partial charge is 0.494 e. The van der Waals surface area contributed by atoms with E-state index in [0.29, 0.717) is 17.9 Å². The Bertz CT molecular complexity index is 627. The third-order valence-electron chi connectivity index (χ3n) is 2.71. The molecule has 0 aromatic heterocycles. The second-order valence-electron chi connectivity index (χ2n) is 4.26. The summed E-state index contributed by atoms with van der Waals surface area (Å²) in [6, 6.07) is 11.0. The molecule has 0 spiro atoms. The molecule has 0 amide bonds. The van der Waals surface area contributed by atoms with Gasteiger partial charge >= 0.3 is 6.36 Å². The highest BCUT2D eigenvalue weighted by atomic mass is 19.4. The minimum absolute atomic E-state index is 0.199. The number of hydrogen-bond acceptors (Lipinski definition) is 3. The molecule has 0 fully saturated rings. The van der Waals surface area contributed by atoms with Crippen LogP contribution in [0.1, 0.15) is 6.92 Å². The van der Waals surface area contributed by atoms with Gasteiger partial charge in [-0.15, -0.1) is 13.2 Å². The molecule has 0 aliphatic rings. The molecule has 2 aromatic rings. The lowest BCUT2D eigenvalue weighted by molar-refractivity contribution is -0.274. The van der Waals surface area contributed by atoms with Crippen LogP contribution in [-0.2, 0) is 0 Å². The molecule has 0 atom stereocenters. The summed E-state index contributed by atoms with van der Waals surface area (Å²) in [5.74, 6) is 0.328. The van der Waals surface area contributed by atoms with Crippen molar-refractivity contribution >= 4 is 5.69 Å². The first-order valence-corrected chi connectivity index (χ1v) is 6.27. The van der Waals surface area contributed by atoms with Crippen molar-refractivity contribution in [2.45, 2.75) is 13.3 Å². The zero-order chi connectivity index (χ0) is 15.5. The maximum atomic E-state index is 12.2. The van der Waals surface area contributed by atoms with Crippen molar-refractivity contribution in [1.29, 1.82) is 0 Å². The molecule has 0 bridgehead atoms. The maximum Gasteiger partial charge on any atom is 0.573 e. The Kier molecular flexibility index (Phi) is 4.26. The average Bonchev–Trinajstić information content (AvgIpc) is 2.37. The van der Waals surface area contributed by atoms with Crippen LogP contribution in [0, 0.1) is 0 Å². The Morgan fingerprint density at radius 1 is 1.05 bits per heavy atom. The fraction of sp³-hybridized carbons (Fsp3) is 0.200. The van der Waals surface area contributed by atoms with Crippen LogP contribution < -0.4 is 15.2 Å². The second-order valence-corrected chi connectivity index (χ2v) is 4.26. The van der Waals surface area contributed by atoms with Gasteiger partial charge in [-0.05, 0) is 36.8 Å². The topological polar surface area (TPSA) is 44.5 Å². The molecule has 3 nitrogen and oxygen atoms in total. The molecule has 0 saturated carbocycles. The molecular weight excluding hydrogens is 283 g/mol. The number of halogens is 3. The average molecular weight is 297 g/mol. The molecule has 2 aromatic carbocycles. The second kappa shape index (κ2) is 5.95. The summed E-state index contributed by atoms with van der Waals surface area (Å²) in [6.45, 7) is 2.39. The molecule has 0 saturated heterocycles. The summed E-state index contributed by atoms with van der Waals surface area (Å²) in [4.78, 5) is 0. The minimum atomic E-state index is -4.73. The molecule has 0 radical (unpaired) electrons. The third kappa shape index (κ3) is 4.05. The summed E-state index contributed by atoms with van der Waals surface area (Å²) in [6.07, 6.45) is -4.73. The number of nitrogens with two attached hydrogens (primary N) is 1. The first-order chi connectivity index (χ1) is 9.89. The fourth-order valence-electron chi connectivity index (χ4n) is 1.92. The largest absolute Gasteiger partial charge is 0.573 e. The first-order valence-electron chi connectivity index (χ1n) is 6.27. The van der Waals surface area contributed by atoms with Gasteiger partial charge in [0, 0.05) is 17.3 Å². The van der Waals surface area contributed by atoms with Gasteiger partial charge in [-0.2, -0.15) is 0 Å². The summed E-state index contributed by atoms with van der Waals surface area (Å²) in [7, 11) is 0. The number of ether oxygens (including phenoxy) is 2. The Balaban J connectivity index is 2.30. The van der Waals surface area contributed by atoms with Crippen molar-refractivity contribution < 1.29 is 22.6 Å². The van der Waals surface area contributed by atoms with E-state index in [4.69, 9.17) is 10.5 Å². The summed E-state index contributed by atoms with van der Waals surface area (Å²) < 4.78 is 45.7. The van der Waals surface area contributed by atoms with E-state index < -0.39 is 6.36 Å². The van der Waals surface area contributed by atoms with E-state index in [0.717, 1.165) is 11.6 Å². The molecule has 112 valence electrons. The zero-order valence-corrected chi connectivity index (χ0v) is 11.3. The van der Waals surface area contributed by atoms with Crippen LogP contribution in [0.25, 0.3) is 11.1 Å². The Labute approximate surface area is 120 Å². The standard InChI is InChI=1S/C15H14F3NO2/c1-2-20-11-5-3-4-10(8-11)13-7-6-12(9-14(13)19)21-15(16,17)18/h3-9H,2,19H2,1H3. The molecule has 6 heteroatoms. The maximum absolute atomic E-state index is 12.2. The van der Waals surface area contributed by atoms with E-state index in [9.17, 15) is 13.2 Å². The fourth-order valence-corrected chi connectivity index (χ4v) is 1.92. The van der Waals surface area contributed by atoms with E-state index in [1.165, 1.54) is 12.1 Å². The monoisotopic (exact) mass is 297 g/mol. The minimum Gasteiger partial charge on any atom is -0.494 e. The van der Waals surface area contributed by atoms with E-state index in [1.54, 1.807) is 24.3 Å². The molecule has 0 heterocycles. The van der Waals surface area contributed by atoms with Crippen molar-refractivity contribution in [2.75, 3.05) is 12.3 Å². The van der Waals surface area contributed by atoms with E-state index >= 15 is 0 Å². The number of rotatable bonds is 4. The summed E-state index contributed by atoms with van der Waals surface area (Å²) in [5, 5.41) is 0. The van der Waals surface area contributed by atoms with E-state index in [1.807, 2.05) is 6.92 Å². The van der Waals surface area contributed by atoms with Gasteiger partial charge in [-0.25, -0.2) is 0 Å². The number of anilines is 1. The molecule has 21 heavy (non-hydrogen) atoms. The summed E-state index contributed by atoms with van der Waals surface area (Å²) in [5.41, 5.74) is 7.39. The normalized spacial score (nSPS) is 11.2. The number of benzene rings is 2. The lowest BCUT2D eigenvalue weighted by Crippen LogP contribution is -2.17. The Morgan fingerprint density at radius 2 is 1.81 bits per heavy atom. The molecule has 2 rings (SSSR count). The third-order valence-corrected chi connectivity index (χ3v) is 2.71. The van der Waals surface area contributed by atoms with Crippen LogP contribution in [-0.4, -0.2) is 13.0 Å². The lowest BCUT2D eigenvalue weighted by atomic mass is 10.0. The van der Waals surface area contributed by atoms with Gasteiger partial charge in [0.05, 0.1) is 6.61 Å². The number of alkyl halides is 3. The van der Waals surface area contributed by atoms with Crippen LogP contribution in [0.3, 0.4) is 0 Å². The Hall–Kier alpha value is -2.37. The van der Waals surface area contributed by atoms with Gasteiger partial charge < -0.3 is 15.2 Å². The van der Waals surface area contributed by atoms with Crippen molar-refractivity contribution in [3.63, 3.8) is 0 Å². The number of nitrogen functional groups attached to an aromatic ring is 1.